The number of ether oxygens (including phenoxy) is 2. The van der Waals surface area contributed by atoms with Gasteiger partial charge in [-0.25, -0.2) is 9.67 Å². The second kappa shape index (κ2) is 10.3. The van der Waals surface area contributed by atoms with Crippen LogP contribution in [0.5, 0.6) is 11.6 Å². The Morgan fingerprint density at radius 3 is 2.65 bits per heavy atom. The van der Waals surface area contributed by atoms with Crippen LogP contribution in [0.3, 0.4) is 0 Å². The van der Waals surface area contributed by atoms with E-state index in [0.717, 1.165) is 41.9 Å². The van der Waals surface area contributed by atoms with E-state index in [1.807, 2.05) is 51.2 Å². The molecule has 0 spiro atoms. The Bertz CT molecular complexity index is 1040. The summed E-state index contributed by atoms with van der Waals surface area (Å²) >= 11 is 0. The largest absolute Gasteiger partial charge is 0.490 e. The minimum absolute atomic E-state index is 0.160. The summed E-state index contributed by atoms with van der Waals surface area (Å²) in [7, 11) is 1.81. The average molecular weight is 426 g/mol. The molecule has 0 aliphatic carbocycles. The maximum Gasteiger partial charge on any atom is 0.262 e. The highest BCUT2D eigenvalue weighted by atomic mass is 16.5. The molecular formula is C23H31N5O3. The van der Waals surface area contributed by atoms with Gasteiger partial charge in [0.25, 0.3) is 5.91 Å². The predicted octanol–water partition coefficient (Wildman–Crippen LogP) is 3.32. The lowest BCUT2D eigenvalue weighted by Crippen LogP contribution is -2.28. The fourth-order valence-corrected chi connectivity index (χ4v) is 3.49. The highest BCUT2D eigenvalue weighted by Gasteiger charge is 2.16. The maximum absolute atomic E-state index is 12.5. The number of nitrogens with zero attached hydrogens (tertiary/aromatic N) is 4. The van der Waals surface area contributed by atoms with Crippen LogP contribution in [0.25, 0.3) is 11.0 Å². The number of fused-ring (bicyclic) bond motifs is 1. The van der Waals surface area contributed by atoms with Crippen LogP contribution >= 0.6 is 0 Å². The van der Waals surface area contributed by atoms with Crippen molar-refractivity contribution in [2.75, 3.05) is 38.2 Å². The number of hydrogen-bond donors (Lipinski definition) is 1. The highest BCUT2D eigenvalue weighted by molar-refractivity contribution is 5.93. The Morgan fingerprint density at radius 2 is 1.90 bits per heavy atom. The monoisotopic (exact) mass is 425 g/mol. The fraction of sp³-hybridized carbons (Fsp3) is 0.435. The molecule has 8 nitrogen and oxygen atoms in total. The standard InChI is InChI=1S/C23H31N5O3/c1-6-28(7-2)12-13-30-19-11-9-8-10-18(19)25-20(29)15-31-23-21-16(3)14-17(4)24-22(21)27(5)26-23/h8-11,14H,6-7,12-13,15H2,1-5H3,(H,25,29). The van der Waals surface area contributed by atoms with Crippen molar-refractivity contribution in [3.63, 3.8) is 0 Å². The molecule has 2 aromatic heterocycles. The van der Waals surface area contributed by atoms with Gasteiger partial charge < -0.3 is 19.7 Å². The first-order valence-corrected chi connectivity index (χ1v) is 10.6. The molecule has 1 amide bonds. The molecule has 0 atom stereocenters. The van der Waals surface area contributed by atoms with Gasteiger partial charge in [-0.1, -0.05) is 26.0 Å². The Kier molecular flexibility index (Phi) is 7.46. The molecule has 1 N–H and O–H groups in total. The number of benzene rings is 1. The van der Waals surface area contributed by atoms with Crippen molar-refractivity contribution in [3.8, 4) is 11.6 Å². The zero-order valence-electron chi connectivity index (χ0n) is 18.9. The van der Waals surface area contributed by atoms with Crippen LogP contribution in [0, 0.1) is 13.8 Å². The van der Waals surface area contributed by atoms with E-state index in [1.165, 1.54) is 0 Å². The number of carbonyl (C=O) groups excluding carboxylic acids is 1. The van der Waals surface area contributed by atoms with E-state index < -0.39 is 0 Å². The summed E-state index contributed by atoms with van der Waals surface area (Å²) in [6.07, 6.45) is 0. The summed E-state index contributed by atoms with van der Waals surface area (Å²) in [6, 6.07) is 9.39. The summed E-state index contributed by atoms with van der Waals surface area (Å²) in [6.45, 7) is 11.4. The minimum atomic E-state index is -0.281. The minimum Gasteiger partial charge on any atom is -0.490 e. The third kappa shape index (κ3) is 5.52. The van der Waals surface area contributed by atoms with Crippen LogP contribution in [0.2, 0.25) is 0 Å². The molecular weight excluding hydrogens is 394 g/mol. The lowest BCUT2D eigenvalue weighted by Gasteiger charge is -2.19. The third-order valence-electron chi connectivity index (χ3n) is 5.15. The van der Waals surface area contributed by atoms with Crippen LogP contribution in [-0.2, 0) is 11.8 Å². The quantitative estimate of drug-likeness (QED) is 0.537. The van der Waals surface area contributed by atoms with E-state index in [-0.39, 0.29) is 12.5 Å². The van der Waals surface area contributed by atoms with Gasteiger partial charge in [0.2, 0.25) is 5.88 Å². The Balaban J connectivity index is 1.63. The van der Waals surface area contributed by atoms with Crippen LogP contribution in [0.4, 0.5) is 5.69 Å². The van der Waals surface area contributed by atoms with E-state index >= 15 is 0 Å². The van der Waals surface area contributed by atoms with Gasteiger partial charge in [0.05, 0.1) is 11.1 Å². The molecule has 31 heavy (non-hydrogen) atoms. The molecule has 1 aromatic carbocycles. The van der Waals surface area contributed by atoms with Crippen molar-refractivity contribution in [2.24, 2.45) is 7.05 Å². The molecule has 0 aliphatic rings. The summed E-state index contributed by atoms with van der Waals surface area (Å²) < 4.78 is 13.3. The molecule has 0 fully saturated rings. The van der Waals surface area contributed by atoms with Crippen LogP contribution in [0.1, 0.15) is 25.1 Å². The first-order chi connectivity index (χ1) is 14.9. The zero-order chi connectivity index (χ0) is 22.4. The topological polar surface area (TPSA) is 81.5 Å². The molecule has 3 aromatic rings. The lowest BCUT2D eigenvalue weighted by molar-refractivity contribution is -0.118. The smallest absolute Gasteiger partial charge is 0.262 e. The molecule has 3 rings (SSSR count). The molecule has 0 bridgehead atoms. The number of para-hydroxylation sites is 2. The molecule has 2 heterocycles. The van der Waals surface area contributed by atoms with E-state index in [9.17, 15) is 4.79 Å². The maximum atomic E-state index is 12.5. The van der Waals surface area contributed by atoms with Crippen molar-refractivity contribution >= 4 is 22.6 Å². The van der Waals surface area contributed by atoms with E-state index in [2.05, 4.69) is 34.1 Å². The van der Waals surface area contributed by atoms with Gasteiger partial charge in [0, 0.05) is 19.3 Å². The Hall–Kier alpha value is -3.13. The average Bonchev–Trinajstić information content (AvgIpc) is 3.06. The van der Waals surface area contributed by atoms with Gasteiger partial charge in [0.1, 0.15) is 12.4 Å². The molecule has 8 heteroatoms. The zero-order valence-corrected chi connectivity index (χ0v) is 18.9. The van der Waals surface area contributed by atoms with Gasteiger partial charge in [0.15, 0.2) is 12.3 Å². The summed E-state index contributed by atoms with van der Waals surface area (Å²) in [5.74, 6) is 0.763. The summed E-state index contributed by atoms with van der Waals surface area (Å²) in [5.41, 5.74) is 3.28. The number of rotatable bonds is 10. The Labute approximate surface area is 183 Å². The number of nitrogens with one attached hydrogen (secondary N) is 1. The van der Waals surface area contributed by atoms with Gasteiger partial charge in [-0.3, -0.25) is 4.79 Å². The van der Waals surface area contributed by atoms with Crippen molar-refractivity contribution in [1.82, 2.24) is 19.7 Å². The van der Waals surface area contributed by atoms with Crippen molar-refractivity contribution in [3.05, 3.63) is 41.6 Å². The molecule has 0 radical (unpaired) electrons. The summed E-state index contributed by atoms with van der Waals surface area (Å²) in [5, 5.41) is 8.08. The van der Waals surface area contributed by atoms with E-state index in [1.54, 1.807) is 4.68 Å². The number of amides is 1. The second-order valence-corrected chi connectivity index (χ2v) is 7.42. The van der Waals surface area contributed by atoms with Crippen LogP contribution in [0.15, 0.2) is 30.3 Å². The number of pyridine rings is 1. The second-order valence-electron chi connectivity index (χ2n) is 7.42. The number of hydrogen-bond acceptors (Lipinski definition) is 6. The van der Waals surface area contributed by atoms with E-state index in [4.69, 9.17) is 9.47 Å². The number of aryl methyl sites for hydroxylation is 3. The van der Waals surface area contributed by atoms with Gasteiger partial charge in [-0.2, -0.15) is 0 Å². The fourth-order valence-electron chi connectivity index (χ4n) is 3.49. The van der Waals surface area contributed by atoms with Gasteiger partial charge >= 0.3 is 0 Å². The van der Waals surface area contributed by atoms with Crippen molar-refractivity contribution in [1.29, 1.82) is 0 Å². The first-order valence-electron chi connectivity index (χ1n) is 10.6. The third-order valence-corrected chi connectivity index (χ3v) is 5.15. The lowest BCUT2D eigenvalue weighted by atomic mass is 10.2. The predicted molar refractivity (Wildman–Crippen MR) is 122 cm³/mol. The van der Waals surface area contributed by atoms with Gasteiger partial charge in [-0.05, 0) is 50.7 Å². The van der Waals surface area contributed by atoms with Crippen molar-refractivity contribution in [2.45, 2.75) is 27.7 Å². The van der Waals surface area contributed by atoms with Crippen LogP contribution in [-0.4, -0.2) is 58.4 Å². The normalized spacial score (nSPS) is 11.2. The number of anilines is 1. The SMILES string of the molecule is CCN(CC)CCOc1ccccc1NC(=O)COc1nn(C)c2nc(C)cc(C)c12. The molecule has 0 saturated heterocycles. The molecule has 166 valence electrons. The first kappa shape index (κ1) is 22.6. The number of aromatic nitrogens is 3. The number of carbonyl (C=O) groups is 1. The van der Waals surface area contributed by atoms with E-state index in [0.29, 0.717) is 23.9 Å². The van der Waals surface area contributed by atoms with Crippen LogP contribution < -0.4 is 14.8 Å². The summed E-state index contributed by atoms with van der Waals surface area (Å²) in [4.78, 5) is 19.3. The molecule has 0 unspecified atom stereocenters. The molecule has 0 aliphatic heterocycles. The number of likely N-dealkylation sites (N-methyl/N-ethyl adjacent to an activating group) is 1. The highest BCUT2D eigenvalue weighted by Crippen LogP contribution is 2.27. The van der Waals surface area contributed by atoms with Gasteiger partial charge in [-0.15, -0.1) is 5.10 Å². The molecule has 0 saturated carbocycles. The Morgan fingerprint density at radius 1 is 1.16 bits per heavy atom. The van der Waals surface area contributed by atoms with Crippen molar-refractivity contribution < 1.29 is 14.3 Å².